The van der Waals surface area contributed by atoms with Gasteiger partial charge in [-0.3, -0.25) is 9.69 Å². The number of pyridine rings is 1. The molecule has 0 N–H and O–H groups in total. The zero-order valence-corrected chi connectivity index (χ0v) is 17.3. The molecule has 1 saturated heterocycles. The summed E-state index contributed by atoms with van der Waals surface area (Å²) >= 11 is 0. The van der Waals surface area contributed by atoms with Gasteiger partial charge in [-0.15, -0.1) is 0 Å². The van der Waals surface area contributed by atoms with E-state index >= 15 is 0 Å². The van der Waals surface area contributed by atoms with Crippen molar-refractivity contribution < 1.29 is 9.21 Å². The lowest BCUT2D eigenvalue weighted by Gasteiger charge is -2.36. The molecule has 1 atom stereocenters. The summed E-state index contributed by atoms with van der Waals surface area (Å²) in [6.45, 7) is 5.32. The highest BCUT2D eigenvalue weighted by Crippen LogP contribution is 2.27. The third-order valence-corrected chi connectivity index (χ3v) is 5.77. The number of likely N-dealkylation sites (N-methyl/N-ethyl adjacent to an activating group) is 1. The standard InChI is InChI=1S/C23H25N5O2/c1-17(21-14-18-6-3-4-8-20(18)30-21)26(2)22(29)16-27-10-12-28(13-11-27)23-19(15-24)7-5-9-25-23/h3-9,14,17H,10-13,16H2,1-2H3. The van der Waals surface area contributed by atoms with Gasteiger partial charge in [-0.2, -0.15) is 5.26 Å². The van der Waals surface area contributed by atoms with Crippen LogP contribution in [0.2, 0.25) is 0 Å². The highest BCUT2D eigenvalue weighted by atomic mass is 16.3. The van der Waals surface area contributed by atoms with Crippen LogP contribution in [0.3, 0.4) is 0 Å². The molecule has 3 heterocycles. The molecule has 3 aromatic rings. The average Bonchev–Trinajstić information content (AvgIpc) is 3.23. The Morgan fingerprint density at radius 1 is 1.23 bits per heavy atom. The summed E-state index contributed by atoms with van der Waals surface area (Å²) in [6, 6.07) is 15.5. The topological polar surface area (TPSA) is 76.6 Å². The zero-order chi connectivity index (χ0) is 21.1. The number of nitrogens with zero attached hydrogens (tertiary/aromatic N) is 5. The third-order valence-electron chi connectivity index (χ3n) is 5.77. The highest BCUT2D eigenvalue weighted by Gasteiger charge is 2.25. The zero-order valence-electron chi connectivity index (χ0n) is 17.3. The van der Waals surface area contributed by atoms with Crippen LogP contribution in [0.4, 0.5) is 5.82 Å². The molecule has 0 saturated carbocycles. The maximum Gasteiger partial charge on any atom is 0.237 e. The van der Waals surface area contributed by atoms with Crippen molar-refractivity contribution in [1.82, 2.24) is 14.8 Å². The fourth-order valence-electron chi connectivity index (χ4n) is 3.77. The number of nitriles is 1. The first kappa shape index (κ1) is 19.9. The van der Waals surface area contributed by atoms with Crippen LogP contribution in [0.5, 0.6) is 0 Å². The highest BCUT2D eigenvalue weighted by molar-refractivity contribution is 5.80. The summed E-state index contributed by atoms with van der Waals surface area (Å²) in [5.41, 5.74) is 1.42. The van der Waals surface area contributed by atoms with Crippen molar-refractivity contribution in [3.05, 3.63) is 60.0 Å². The Morgan fingerprint density at radius 2 is 2.00 bits per heavy atom. The van der Waals surface area contributed by atoms with Gasteiger partial charge in [0.1, 0.15) is 23.2 Å². The summed E-state index contributed by atoms with van der Waals surface area (Å²) in [4.78, 5) is 23.2. The van der Waals surface area contributed by atoms with Crippen molar-refractivity contribution in [2.24, 2.45) is 0 Å². The Hall–Kier alpha value is -3.37. The SMILES string of the molecule is CC(c1cc2ccccc2o1)N(C)C(=O)CN1CCN(c2ncccc2C#N)CC1. The summed E-state index contributed by atoms with van der Waals surface area (Å²) in [6.07, 6.45) is 1.71. The Balaban J connectivity index is 1.34. The molecule has 0 spiro atoms. The molecule has 1 fully saturated rings. The van der Waals surface area contributed by atoms with Gasteiger partial charge in [-0.1, -0.05) is 18.2 Å². The van der Waals surface area contributed by atoms with E-state index in [-0.39, 0.29) is 11.9 Å². The molecule has 0 radical (unpaired) electrons. The van der Waals surface area contributed by atoms with Gasteiger partial charge in [0.25, 0.3) is 0 Å². The van der Waals surface area contributed by atoms with Crippen LogP contribution < -0.4 is 4.90 Å². The van der Waals surface area contributed by atoms with E-state index in [1.165, 1.54) is 0 Å². The van der Waals surface area contributed by atoms with Crippen LogP contribution in [0.25, 0.3) is 11.0 Å². The van der Waals surface area contributed by atoms with Crippen LogP contribution in [0.1, 0.15) is 24.3 Å². The number of para-hydroxylation sites is 1. The number of hydrogen-bond acceptors (Lipinski definition) is 6. The molecule has 4 rings (SSSR count). The number of carbonyl (C=O) groups excluding carboxylic acids is 1. The first-order valence-electron chi connectivity index (χ1n) is 10.1. The molecule has 1 aliphatic rings. The monoisotopic (exact) mass is 403 g/mol. The smallest absolute Gasteiger partial charge is 0.237 e. The molecule has 1 aromatic carbocycles. The Morgan fingerprint density at radius 3 is 2.73 bits per heavy atom. The molecule has 30 heavy (non-hydrogen) atoms. The van der Waals surface area contributed by atoms with E-state index in [2.05, 4.69) is 20.9 Å². The number of hydrogen-bond donors (Lipinski definition) is 0. The van der Waals surface area contributed by atoms with Crippen molar-refractivity contribution in [2.75, 3.05) is 44.7 Å². The predicted molar refractivity (Wildman–Crippen MR) is 115 cm³/mol. The van der Waals surface area contributed by atoms with Gasteiger partial charge in [-0.25, -0.2) is 4.98 Å². The van der Waals surface area contributed by atoms with Crippen molar-refractivity contribution in [3.8, 4) is 6.07 Å². The van der Waals surface area contributed by atoms with Crippen LogP contribution in [0.15, 0.2) is 53.1 Å². The minimum absolute atomic E-state index is 0.0620. The number of carbonyl (C=O) groups is 1. The number of aromatic nitrogens is 1. The largest absolute Gasteiger partial charge is 0.459 e. The van der Waals surface area contributed by atoms with Crippen molar-refractivity contribution in [1.29, 1.82) is 5.26 Å². The van der Waals surface area contributed by atoms with Gasteiger partial charge in [0.15, 0.2) is 0 Å². The number of anilines is 1. The van der Waals surface area contributed by atoms with Crippen molar-refractivity contribution >= 4 is 22.7 Å². The average molecular weight is 403 g/mol. The second kappa shape index (κ2) is 8.56. The maximum atomic E-state index is 12.9. The molecule has 1 unspecified atom stereocenters. The first-order chi connectivity index (χ1) is 14.6. The second-order valence-corrected chi connectivity index (χ2v) is 7.62. The van der Waals surface area contributed by atoms with Gasteiger partial charge >= 0.3 is 0 Å². The number of rotatable bonds is 5. The quantitative estimate of drug-likeness (QED) is 0.652. The van der Waals surface area contributed by atoms with Gasteiger partial charge in [0.2, 0.25) is 5.91 Å². The van der Waals surface area contributed by atoms with E-state index in [0.29, 0.717) is 12.1 Å². The summed E-state index contributed by atoms with van der Waals surface area (Å²) in [5.74, 6) is 1.57. The fourth-order valence-corrected chi connectivity index (χ4v) is 3.77. The van der Waals surface area contributed by atoms with Gasteiger partial charge in [0.05, 0.1) is 18.2 Å². The van der Waals surface area contributed by atoms with Crippen LogP contribution in [0, 0.1) is 11.3 Å². The molecule has 1 aliphatic heterocycles. The Bertz CT molecular complexity index is 1050. The molecule has 7 heteroatoms. The molecular formula is C23H25N5O2. The lowest BCUT2D eigenvalue weighted by atomic mass is 10.2. The Kier molecular flexibility index (Phi) is 5.68. The number of benzene rings is 1. The van der Waals surface area contributed by atoms with E-state index in [9.17, 15) is 10.1 Å². The summed E-state index contributed by atoms with van der Waals surface area (Å²) in [5, 5.41) is 10.3. The van der Waals surface area contributed by atoms with E-state index in [1.54, 1.807) is 23.2 Å². The summed E-state index contributed by atoms with van der Waals surface area (Å²) in [7, 11) is 1.82. The van der Waals surface area contributed by atoms with Crippen LogP contribution in [-0.4, -0.2) is 60.5 Å². The van der Waals surface area contributed by atoms with Crippen molar-refractivity contribution in [3.63, 3.8) is 0 Å². The fraction of sp³-hybridized carbons (Fsp3) is 0.348. The number of furan rings is 1. The molecule has 7 nitrogen and oxygen atoms in total. The van der Waals surface area contributed by atoms with Gasteiger partial charge in [0, 0.05) is 44.8 Å². The van der Waals surface area contributed by atoms with E-state index in [1.807, 2.05) is 44.3 Å². The lowest BCUT2D eigenvalue weighted by molar-refractivity contribution is -0.133. The van der Waals surface area contributed by atoms with Crippen LogP contribution in [-0.2, 0) is 4.79 Å². The summed E-state index contributed by atoms with van der Waals surface area (Å²) < 4.78 is 5.93. The molecular weight excluding hydrogens is 378 g/mol. The number of amides is 1. The van der Waals surface area contributed by atoms with E-state index in [0.717, 1.165) is 48.7 Å². The molecule has 0 bridgehead atoms. The number of fused-ring (bicyclic) bond motifs is 1. The minimum atomic E-state index is -0.141. The Labute approximate surface area is 176 Å². The van der Waals surface area contributed by atoms with Crippen LogP contribution >= 0.6 is 0 Å². The minimum Gasteiger partial charge on any atom is -0.459 e. The van der Waals surface area contributed by atoms with E-state index < -0.39 is 0 Å². The van der Waals surface area contributed by atoms with Gasteiger partial charge in [-0.05, 0) is 31.2 Å². The number of piperazine rings is 1. The predicted octanol–water partition coefficient (Wildman–Crippen LogP) is 3.04. The molecule has 0 aliphatic carbocycles. The first-order valence-corrected chi connectivity index (χ1v) is 10.1. The maximum absolute atomic E-state index is 12.9. The van der Waals surface area contributed by atoms with Gasteiger partial charge < -0.3 is 14.2 Å². The molecule has 1 amide bonds. The molecule has 154 valence electrons. The normalized spacial score (nSPS) is 15.7. The van der Waals surface area contributed by atoms with Crippen molar-refractivity contribution in [2.45, 2.75) is 13.0 Å². The molecule has 2 aromatic heterocycles. The van der Waals surface area contributed by atoms with E-state index in [4.69, 9.17) is 4.42 Å². The lowest BCUT2D eigenvalue weighted by Crippen LogP contribution is -2.50. The third kappa shape index (κ3) is 4.00. The second-order valence-electron chi connectivity index (χ2n) is 7.62.